The van der Waals surface area contributed by atoms with Crippen molar-refractivity contribution in [3.05, 3.63) is 11.6 Å². The third-order valence-electron chi connectivity index (χ3n) is 3.00. The van der Waals surface area contributed by atoms with Gasteiger partial charge in [0.05, 0.1) is 6.10 Å². The number of rotatable bonds is 2. The Morgan fingerprint density at radius 3 is 2.62 bits per heavy atom. The fourth-order valence-electron chi connectivity index (χ4n) is 2.31. The molecule has 2 rings (SSSR count). The highest BCUT2D eigenvalue weighted by molar-refractivity contribution is 7.87. The molecule has 0 radical (unpaired) electrons. The lowest BCUT2D eigenvalue weighted by molar-refractivity contribution is -0.0572. The number of alkyl halides is 3. The van der Waals surface area contributed by atoms with Gasteiger partial charge < -0.3 is 0 Å². The maximum Gasteiger partial charge on any atom is 0.523 e. The van der Waals surface area contributed by atoms with Crippen LogP contribution in [0.3, 0.4) is 0 Å². The molecule has 0 bridgehead atoms. The Bertz CT molecular complexity index is 410. The second-order valence-corrected chi connectivity index (χ2v) is 5.67. The van der Waals surface area contributed by atoms with E-state index in [0.717, 1.165) is 18.4 Å². The van der Waals surface area contributed by atoms with Crippen molar-refractivity contribution in [2.45, 2.75) is 37.3 Å². The van der Waals surface area contributed by atoms with Crippen LogP contribution in [0.1, 0.15) is 25.7 Å². The molecule has 0 spiro atoms. The van der Waals surface area contributed by atoms with Crippen LogP contribution in [-0.4, -0.2) is 20.0 Å². The van der Waals surface area contributed by atoms with Gasteiger partial charge in [0, 0.05) is 0 Å². The summed E-state index contributed by atoms with van der Waals surface area (Å²) in [7, 11) is -5.44. The fourth-order valence-corrected chi connectivity index (χ4v) is 2.93. The van der Waals surface area contributed by atoms with Gasteiger partial charge in [-0.3, -0.25) is 4.18 Å². The van der Waals surface area contributed by atoms with Crippen LogP contribution in [0.15, 0.2) is 11.6 Å². The third-order valence-corrected chi connectivity index (χ3v) is 4.10. The monoisotopic (exact) mass is 256 g/mol. The van der Waals surface area contributed by atoms with Crippen molar-refractivity contribution < 1.29 is 25.8 Å². The van der Waals surface area contributed by atoms with E-state index < -0.39 is 21.7 Å². The summed E-state index contributed by atoms with van der Waals surface area (Å²) < 4.78 is 61.9. The topological polar surface area (TPSA) is 43.4 Å². The minimum Gasteiger partial charge on any atom is -0.259 e. The first-order valence-electron chi connectivity index (χ1n) is 4.98. The number of allylic oxidation sites excluding steroid dienone is 1. The molecule has 3 nitrogen and oxygen atoms in total. The number of hydrogen-bond acceptors (Lipinski definition) is 3. The Labute approximate surface area is 91.4 Å². The molecule has 2 atom stereocenters. The van der Waals surface area contributed by atoms with Crippen molar-refractivity contribution in [1.82, 2.24) is 0 Å². The molecule has 0 saturated heterocycles. The third kappa shape index (κ3) is 2.10. The molecule has 2 aliphatic rings. The average Bonchev–Trinajstić information content (AvgIpc) is 2.59. The van der Waals surface area contributed by atoms with E-state index in [0.29, 0.717) is 12.8 Å². The lowest BCUT2D eigenvalue weighted by Crippen LogP contribution is -2.29. The van der Waals surface area contributed by atoms with E-state index in [1.807, 2.05) is 6.08 Å². The number of fused-ring (bicyclic) bond motifs is 1. The summed E-state index contributed by atoms with van der Waals surface area (Å²) in [5.74, 6) is 0.216. The summed E-state index contributed by atoms with van der Waals surface area (Å²) in [6.07, 6.45) is 3.62. The Morgan fingerprint density at radius 1 is 1.38 bits per heavy atom. The van der Waals surface area contributed by atoms with Crippen LogP contribution in [0, 0.1) is 5.92 Å². The first kappa shape index (κ1) is 11.9. The van der Waals surface area contributed by atoms with Gasteiger partial charge in [0.1, 0.15) is 0 Å². The Balaban J connectivity index is 2.03. The predicted octanol–water partition coefficient (Wildman–Crippen LogP) is 2.35. The second-order valence-electron chi connectivity index (χ2n) is 4.11. The van der Waals surface area contributed by atoms with Crippen molar-refractivity contribution >= 4 is 10.1 Å². The number of hydrogen-bond donors (Lipinski definition) is 0. The molecule has 0 aromatic rings. The minimum absolute atomic E-state index is 0.216. The van der Waals surface area contributed by atoms with E-state index in [-0.39, 0.29) is 5.92 Å². The maximum absolute atomic E-state index is 12.0. The normalized spacial score (nSPS) is 30.3. The van der Waals surface area contributed by atoms with E-state index in [1.165, 1.54) is 0 Å². The van der Waals surface area contributed by atoms with Crippen molar-refractivity contribution in [3.8, 4) is 0 Å². The zero-order valence-electron chi connectivity index (χ0n) is 8.33. The van der Waals surface area contributed by atoms with E-state index >= 15 is 0 Å². The van der Waals surface area contributed by atoms with Gasteiger partial charge in [0.25, 0.3) is 0 Å². The van der Waals surface area contributed by atoms with Crippen molar-refractivity contribution in [1.29, 1.82) is 0 Å². The van der Waals surface area contributed by atoms with Crippen LogP contribution in [0.4, 0.5) is 13.2 Å². The summed E-state index contributed by atoms with van der Waals surface area (Å²) in [6, 6.07) is 0. The van der Waals surface area contributed by atoms with Crippen LogP contribution >= 0.6 is 0 Å². The molecule has 0 heterocycles. The Hall–Kier alpha value is -0.560. The fraction of sp³-hybridized carbons (Fsp3) is 0.778. The summed E-state index contributed by atoms with van der Waals surface area (Å²) >= 11 is 0. The van der Waals surface area contributed by atoms with E-state index in [1.54, 1.807) is 0 Å². The number of halogens is 3. The molecule has 1 saturated carbocycles. The second kappa shape index (κ2) is 3.73. The molecular formula is C9H11F3O3S. The smallest absolute Gasteiger partial charge is 0.259 e. The van der Waals surface area contributed by atoms with Gasteiger partial charge in [-0.05, 0) is 31.6 Å². The molecule has 0 amide bonds. The zero-order chi connectivity index (χ0) is 12.0. The summed E-state index contributed by atoms with van der Waals surface area (Å²) in [4.78, 5) is 0. The molecule has 16 heavy (non-hydrogen) atoms. The highest BCUT2D eigenvalue weighted by Gasteiger charge is 2.49. The molecule has 0 N–H and O–H groups in total. The maximum atomic E-state index is 12.0. The molecule has 1 fully saturated rings. The first-order chi connectivity index (χ1) is 7.29. The van der Waals surface area contributed by atoms with Crippen molar-refractivity contribution in [3.63, 3.8) is 0 Å². The molecule has 92 valence electrons. The van der Waals surface area contributed by atoms with Gasteiger partial charge in [-0.15, -0.1) is 0 Å². The predicted molar refractivity (Wildman–Crippen MR) is 49.9 cm³/mol. The summed E-state index contributed by atoms with van der Waals surface area (Å²) in [5.41, 5.74) is -4.28. The molecule has 0 aliphatic heterocycles. The van der Waals surface area contributed by atoms with Crippen LogP contribution in [0.5, 0.6) is 0 Å². The van der Waals surface area contributed by atoms with Crippen LogP contribution in [-0.2, 0) is 14.3 Å². The van der Waals surface area contributed by atoms with Crippen molar-refractivity contribution in [2.24, 2.45) is 5.92 Å². The van der Waals surface area contributed by atoms with Gasteiger partial charge in [-0.2, -0.15) is 21.6 Å². The standard InChI is InChI=1S/C9H11F3O3S/c10-9(11,12)16(13,14)15-8-4-6-2-1-3-7(6)5-8/h2,7-8H,1,3-5H2. The summed E-state index contributed by atoms with van der Waals surface area (Å²) in [5, 5.41) is 0. The highest BCUT2D eigenvalue weighted by atomic mass is 32.2. The molecule has 2 aliphatic carbocycles. The SMILES string of the molecule is O=S(=O)(OC1CC2=CCCC2C1)C(F)(F)F. The molecule has 2 unspecified atom stereocenters. The zero-order valence-corrected chi connectivity index (χ0v) is 9.14. The van der Waals surface area contributed by atoms with Gasteiger partial charge in [-0.1, -0.05) is 11.6 Å². The summed E-state index contributed by atoms with van der Waals surface area (Å²) in [6.45, 7) is 0. The van der Waals surface area contributed by atoms with E-state index in [2.05, 4.69) is 4.18 Å². The Morgan fingerprint density at radius 2 is 2.06 bits per heavy atom. The molecular weight excluding hydrogens is 245 g/mol. The van der Waals surface area contributed by atoms with Gasteiger partial charge in [0.2, 0.25) is 0 Å². The quantitative estimate of drug-likeness (QED) is 0.432. The largest absolute Gasteiger partial charge is 0.523 e. The minimum atomic E-state index is -5.44. The lowest BCUT2D eigenvalue weighted by atomic mass is 10.1. The van der Waals surface area contributed by atoms with Gasteiger partial charge >= 0.3 is 15.6 Å². The first-order valence-corrected chi connectivity index (χ1v) is 6.39. The molecule has 7 heteroatoms. The van der Waals surface area contributed by atoms with Crippen LogP contribution < -0.4 is 0 Å². The van der Waals surface area contributed by atoms with Crippen LogP contribution in [0.25, 0.3) is 0 Å². The van der Waals surface area contributed by atoms with Crippen LogP contribution in [0.2, 0.25) is 0 Å². The van der Waals surface area contributed by atoms with Gasteiger partial charge in [0.15, 0.2) is 0 Å². The van der Waals surface area contributed by atoms with Crippen molar-refractivity contribution in [2.75, 3.05) is 0 Å². The molecule has 0 aromatic carbocycles. The lowest BCUT2D eigenvalue weighted by Gasteiger charge is -2.13. The molecule has 0 aromatic heterocycles. The average molecular weight is 256 g/mol. The van der Waals surface area contributed by atoms with E-state index in [9.17, 15) is 21.6 Å². The highest BCUT2D eigenvalue weighted by Crippen LogP contribution is 2.42. The van der Waals surface area contributed by atoms with E-state index in [4.69, 9.17) is 0 Å². The Kier molecular flexibility index (Phi) is 2.78. The van der Waals surface area contributed by atoms with Gasteiger partial charge in [-0.25, -0.2) is 0 Å².